The van der Waals surface area contributed by atoms with Crippen molar-refractivity contribution in [3.05, 3.63) is 46.0 Å². The van der Waals surface area contributed by atoms with E-state index in [9.17, 15) is 9.59 Å². The number of aromatic nitrogens is 2. The van der Waals surface area contributed by atoms with Crippen LogP contribution in [0.25, 0.3) is 0 Å². The third-order valence-corrected chi connectivity index (χ3v) is 3.60. The maximum atomic E-state index is 11.8. The first-order valence-corrected chi connectivity index (χ1v) is 6.87. The van der Waals surface area contributed by atoms with Gasteiger partial charge in [-0.25, -0.2) is 0 Å². The zero-order valence-electron chi connectivity index (χ0n) is 11.1. The van der Waals surface area contributed by atoms with Gasteiger partial charge in [0, 0.05) is 5.56 Å². The summed E-state index contributed by atoms with van der Waals surface area (Å²) in [6.45, 7) is 3.73. The van der Waals surface area contributed by atoms with Crippen LogP contribution in [0.1, 0.15) is 38.2 Å². The summed E-state index contributed by atoms with van der Waals surface area (Å²) in [5.41, 5.74) is 6.88. The number of amides is 2. The number of carbonyl (C=O) groups excluding carboxylic acids is 2. The van der Waals surface area contributed by atoms with Crippen LogP contribution in [0.4, 0.5) is 0 Å². The van der Waals surface area contributed by atoms with Gasteiger partial charge in [-0.05, 0) is 42.6 Å². The van der Waals surface area contributed by atoms with Crippen LogP contribution in [0.3, 0.4) is 0 Å². The molecule has 0 atom stereocenters. The van der Waals surface area contributed by atoms with Crippen molar-refractivity contribution in [2.24, 2.45) is 0 Å². The molecule has 0 saturated heterocycles. The van der Waals surface area contributed by atoms with E-state index in [2.05, 4.69) is 20.4 Å². The normalized spacial score (nSPS) is 10.1. The second-order valence-corrected chi connectivity index (χ2v) is 4.90. The van der Waals surface area contributed by atoms with Crippen LogP contribution >= 0.6 is 11.5 Å². The van der Waals surface area contributed by atoms with Crippen molar-refractivity contribution in [3.63, 3.8) is 0 Å². The van der Waals surface area contributed by atoms with Gasteiger partial charge in [-0.15, -0.1) is 5.10 Å². The lowest BCUT2D eigenvalue weighted by Crippen LogP contribution is -2.41. The molecule has 0 aliphatic rings. The molecular formula is C13H14N4O2S. The minimum absolute atomic E-state index is 0.365. The van der Waals surface area contributed by atoms with E-state index in [1.54, 1.807) is 19.1 Å². The molecule has 6 nitrogen and oxygen atoms in total. The van der Waals surface area contributed by atoms with Crippen molar-refractivity contribution in [1.29, 1.82) is 0 Å². The minimum Gasteiger partial charge on any atom is -0.267 e. The Morgan fingerprint density at radius 3 is 2.35 bits per heavy atom. The zero-order chi connectivity index (χ0) is 14.5. The zero-order valence-corrected chi connectivity index (χ0v) is 12.0. The van der Waals surface area contributed by atoms with Crippen LogP contribution in [0.2, 0.25) is 0 Å². The molecule has 20 heavy (non-hydrogen) atoms. The van der Waals surface area contributed by atoms with Gasteiger partial charge in [0.05, 0.1) is 5.69 Å². The molecule has 2 amide bonds. The fraction of sp³-hybridized carbons (Fsp3) is 0.231. The number of nitrogens with zero attached hydrogens (tertiary/aromatic N) is 2. The summed E-state index contributed by atoms with van der Waals surface area (Å²) in [6, 6.07) is 7.21. The number of benzene rings is 1. The molecule has 2 rings (SSSR count). The van der Waals surface area contributed by atoms with Crippen molar-refractivity contribution in [3.8, 4) is 0 Å². The van der Waals surface area contributed by atoms with Crippen LogP contribution in [-0.4, -0.2) is 21.4 Å². The van der Waals surface area contributed by atoms with Gasteiger partial charge < -0.3 is 0 Å². The molecule has 1 aromatic carbocycles. The molecule has 0 aliphatic carbocycles. The van der Waals surface area contributed by atoms with E-state index < -0.39 is 5.91 Å². The van der Waals surface area contributed by atoms with Gasteiger partial charge in [0.1, 0.15) is 4.88 Å². The van der Waals surface area contributed by atoms with E-state index >= 15 is 0 Å². The molecule has 2 aromatic rings. The maximum Gasteiger partial charge on any atom is 0.283 e. The Balaban J connectivity index is 1.95. The molecular weight excluding hydrogens is 276 g/mol. The first-order valence-electron chi connectivity index (χ1n) is 6.10. The molecule has 0 unspecified atom stereocenters. The Morgan fingerprint density at radius 1 is 1.15 bits per heavy atom. The average molecular weight is 290 g/mol. The maximum absolute atomic E-state index is 11.8. The molecule has 0 radical (unpaired) electrons. The van der Waals surface area contributed by atoms with Crippen molar-refractivity contribution in [2.75, 3.05) is 0 Å². The molecule has 0 saturated carbocycles. The van der Waals surface area contributed by atoms with Gasteiger partial charge in [-0.1, -0.05) is 23.5 Å². The lowest BCUT2D eigenvalue weighted by Gasteiger charge is -2.06. The third kappa shape index (κ3) is 3.18. The monoisotopic (exact) mass is 290 g/mol. The summed E-state index contributed by atoms with van der Waals surface area (Å²) in [5, 5.41) is 3.74. The molecule has 0 fully saturated rings. The van der Waals surface area contributed by atoms with Crippen LogP contribution in [0.15, 0.2) is 24.3 Å². The van der Waals surface area contributed by atoms with Crippen LogP contribution in [0, 0.1) is 6.92 Å². The fourth-order valence-electron chi connectivity index (χ4n) is 1.57. The molecule has 0 spiro atoms. The van der Waals surface area contributed by atoms with E-state index in [4.69, 9.17) is 0 Å². The van der Waals surface area contributed by atoms with Gasteiger partial charge >= 0.3 is 0 Å². The van der Waals surface area contributed by atoms with Crippen LogP contribution in [0.5, 0.6) is 0 Å². The molecule has 2 N–H and O–H groups in total. The predicted molar refractivity (Wildman–Crippen MR) is 75.4 cm³/mol. The topological polar surface area (TPSA) is 84.0 Å². The first kappa shape index (κ1) is 14.1. The number of nitrogens with one attached hydrogen (secondary N) is 2. The molecule has 104 valence electrons. The average Bonchev–Trinajstić information content (AvgIpc) is 2.90. The lowest BCUT2D eigenvalue weighted by atomic mass is 10.1. The molecule has 7 heteroatoms. The standard InChI is InChI=1S/C13H14N4O2S/c1-3-9-4-6-10(7-5-9)12(18)15-16-13(19)11-8(2)14-17-20-11/h4-7H,3H2,1-2H3,(H,15,18)(H,16,19). The van der Waals surface area contributed by atoms with Gasteiger partial charge in [0.15, 0.2) is 0 Å². The van der Waals surface area contributed by atoms with Crippen molar-refractivity contribution < 1.29 is 9.59 Å². The highest BCUT2D eigenvalue weighted by Crippen LogP contribution is 2.08. The molecule has 1 aromatic heterocycles. The molecule has 0 bridgehead atoms. The van der Waals surface area contributed by atoms with Crippen molar-refractivity contribution in [1.82, 2.24) is 20.4 Å². The van der Waals surface area contributed by atoms with Gasteiger partial charge in [-0.2, -0.15) is 0 Å². The van der Waals surface area contributed by atoms with Crippen molar-refractivity contribution in [2.45, 2.75) is 20.3 Å². The summed E-state index contributed by atoms with van der Waals surface area (Å²) in [5.74, 6) is -0.785. The highest BCUT2D eigenvalue weighted by atomic mass is 32.1. The number of hydrazine groups is 1. The Morgan fingerprint density at radius 2 is 1.80 bits per heavy atom. The number of aryl methyl sites for hydroxylation is 2. The number of rotatable bonds is 3. The number of carbonyl (C=O) groups is 2. The van der Waals surface area contributed by atoms with Crippen LogP contribution in [-0.2, 0) is 6.42 Å². The van der Waals surface area contributed by atoms with Gasteiger partial charge in [0.2, 0.25) is 0 Å². The van der Waals surface area contributed by atoms with Gasteiger partial charge in [-0.3, -0.25) is 20.4 Å². The summed E-state index contributed by atoms with van der Waals surface area (Å²) < 4.78 is 3.67. The Bertz CT molecular complexity index is 622. The number of hydrogen-bond acceptors (Lipinski definition) is 5. The van der Waals surface area contributed by atoms with E-state index in [1.807, 2.05) is 19.1 Å². The summed E-state index contributed by atoms with van der Waals surface area (Å²) in [7, 11) is 0. The minimum atomic E-state index is -0.420. The first-order chi connectivity index (χ1) is 9.61. The summed E-state index contributed by atoms with van der Waals surface area (Å²) >= 11 is 0.986. The second kappa shape index (κ2) is 6.25. The third-order valence-electron chi connectivity index (χ3n) is 2.77. The Labute approximate surface area is 120 Å². The van der Waals surface area contributed by atoms with E-state index in [-0.39, 0.29) is 5.91 Å². The summed E-state index contributed by atoms with van der Waals surface area (Å²) in [4.78, 5) is 24.0. The fourth-order valence-corrected chi connectivity index (χ4v) is 2.13. The van der Waals surface area contributed by atoms with E-state index in [0.717, 1.165) is 23.5 Å². The smallest absolute Gasteiger partial charge is 0.267 e. The number of hydrogen-bond donors (Lipinski definition) is 2. The Kier molecular flexibility index (Phi) is 4.41. The molecule has 0 aliphatic heterocycles. The molecule has 1 heterocycles. The highest BCUT2D eigenvalue weighted by Gasteiger charge is 2.14. The Hall–Kier alpha value is -2.28. The predicted octanol–water partition coefficient (Wildman–Crippen LogP) is 1.48. The quantitative estimate of drug-likeness (QED) is 0.839. The van der Waals surface area contributed by atoms with Crippen LogP contribution < -0.4 is 10.9 Å². The largest absolute Gasteiger partial charge is 0.283 e. The highest BCUT2D eigenvalue weighted by molar-refractivity contribution is 7.07. The van der Waals surface area contributed by atoms with E-state index in [1.165, 1.54) is 0 Å². The second-order valence-electron chi connectivity index (χ2n) is 4.15. The van der Waals surface area contributed by atoms with Crippen molar-refractivity contribution >= 4 is 23.3 Å². The van der Waals surface area contributed by atoms with Gasteiger partial charge in [0.25, 0.3) is 11.8 Å². The lowest BCUT2D eigenvalue weighted by molar-refractivity contribution is 0.0848. The summed E-state index contributed by atoms with van der Waals surface area (Å²) in [6.07, 6.45) is 0.913. The SMILES string of the molecule is CCc1ccc(C(=O)NNC(=O)c2snnc2C)cc1. The van der Waals surface area contributed by atoms with E-state index in [0.29, 0.717) is 16.1 Å².